The van der Waals surface area contributed by atoms with Crippen LogP contribution in [-0.4, -0.2) is 22.8 Å². The molecule has 4 aromatic rings. The normalized spacial score (nSPS) is 12.0. The molecule has 0 saturated heterocycles. The summed E-state index contributed by atoms with van der Waals surface area (Å²) in [6.45, 7) is -0.155. The van der Waals surface area contributed by atoms with Crippen molar-refractivity contribution in [2.75, 3.05) is 5.32 Å². The number of rotatable bonds is 9. The predicted molar refractivity (Wildman–Crippen MR) is 136 cm³/mol. The van der Waals surface area contributed by atoms with Gasteiger partial charge in [-0.1, -0.05) is 54.6 Å². The smallest absolute Gasteiger partial charge is 0.350 e. The van der Waals surface area contributed by atoms with Crippen LogP contribution in [-0.2, 0) is 23.9 Å². The number of carbonyl (C=O) groups is 2. The van der Waals surface area contributed by atoms with Gasteiger partial charge < -0.3 is 16.0 Å². The van der Waals surface area contributed by atoms with Gasteiger partial charge in [0, 0.05) is 18.3 Å². The van der Waals surface area contributed by atoms with Gasteiger partial charge in [0.05, 0.1) is 11.3 Å². The molecule has 0 spiro atoms. The third kappa shape index (κ3) is 7.16. The fraction of sp³-hybridized carbons (Fsp3) is 0.148. The third-order valence-corrected chi connectivity index (χ3v) is 6.24. The summed E-state index contributed by atoms with van der Waals surface area (Å²) in [5.41, 5.74) is 0.442. The standard InChI is InChI=1S/C27H22F4N4O2S/c28-20-11-4-5-12-21(20)34-26-35-23(16-38-26)25(37)33-22(14-17-7-2-1-3-8-17)24(36)32-15-18-9-6-10-19(13-18)27(29,30)31/h1-13,16,22H,14-15H2,(H,32,36)(H,33,37)(H,34,35). The van der Waals surface area contributed by atoms with Crippen LogP contribution >= 0.6 is 11.3 Å². The van der Waals surface area contributed by atoms with Crippen LogP contribution in [0.4, 0.5) is 28.4 Å². The molecule has 0 aliphatic heterocycles. The first-order valence-electron chi connectivity index (χ1n) is 11.4. The highest BCUT2D eigenvalue weighted by atomic mass is 32.1. The van der Waals surface area contributed by atoms with Gasteiger partial charge in [0.15, 0.2) is 5.13 Å². The molecular weight excluding hydrogens is 520 g/mol. The van der Waals surface area contributed by atoms with Gasteiger partial charge >= 0.3 is 6.18 Å². The minimum Gasteiger partial charge on any atom is -0.350 e. The van der Waals surface area contributed by atoms with Crippen molar-refractivity contribution in [3.05, 3.63) is 112 Å². The number of alkyl halides is 3. The molecule has 0 fully saturated rings. The Labute approximate surface area is 219 Å². The van der Waals surface area contributed by atoms with Gasteiger partial charge in [0.25, 0.3) is 5.91 Å². The van der Waals surface area contributed by atoms with E-state index in [9.17, 15) is 27.2 Å². The van der Waals surface area contributed by atoms with Gasteiger partial charge in [0.2, 0.25) is 5.91 Å². The lowest BCUT2D eigenvalue weighted by Gasteiger charge is -2.18. The number of nitrogens with zero attached hydrogens (tertiary/aromatic N) is 1. The number of benzene rings is 3. The number of para-hydroxylation sites is 1. The maximum atomic E-state index is 13.9. The molecule has 0 aliphatic carbocycles. The Morgan fingerprint density at radius 1 is 0.921 bits per heavy atom. The second-order valence-corrected chi connectivity index (χ2v) is 9.13. The maximum absolute atomic E-state index is 13.9. The molecule has 1 atom stereocenters. The summed E-state index contributed by atoms with van der Waals surface area (Å²) in [6.07, 6.45) is -4.36. The van der Waals surface area contributed by atoms with Crippen molar-refractivity contribution < 1.29 is 27.2 Å². The molecule has 1 unspecified atom stereocenters. The highest BCUT2D eigenvalue weighted by molar-refractivity contribution is 7.14. The third-order valence-electron chi connectivity index (χ3n) is 5.48. The van der Waals surface area contributed by atoms with Gasteiger partial charge in [-0.3, -0.25) is 9.59 Å². The Morgan fingerprint density at radius 2 is 1.63 bits per heavy atom. The van der Waals surface area contributed by atoms with Crippen LogP contribution in [0.25, 0.3) is 0 Å². The molecule has 1 heterocycles. The number of aromatic nitrogens is 1. The van der Waals surface area contributed by atoms with Gasteiger partial charge in [-0.15, -0.1) is 11.3 Å². The topological polar surface area (TPSA) is 83.1 Å². The summed E-state index contributed by atoms with van der Waals surface area (Å²) < 4.78 is 53.0. The van der Waals surface area contributed by atoms with Crippen molar-refractivity contribution in [3.63, 3.8) is 0 Å². The van der Waals surface area contributed by atoms with E-state index in [2.05, 4.69) is 20.9 Å². The molecule has 196 valence electrons. The Bertz CT molecular complexity index is 1410. The predicted octanol–water partition coefficient (Wildman–Crippen LogP) is 5.70. The van der Waals surface area contributed by atoms with Gasteiger partial charge in [-0.25, -0.2) is 9.37 Å². The Hall–Kier alpha value is -4.25. The number of halogens is 4. The zero-order chi connectivity index (χ0) is 27.1. The average molecular weight is 543 g/mol. The number of thiazole rings is 1. The number of anilines is 2. The lowest BCUT2D eigenvalue weighted by Crippen LogP contribution is -2.48. The Morgan fingerprint density at radius 3 is 2.37 bits per heavy atom. The molecule has 4 rings (SSSR count). The van der Waals surface area contributed by atoms with Crippen molar-refractivity contribution >= 4 is 34.0 Å². The number of nitrogens with one attached hydrogen (secondary N) is 3. The number of hydrogen-bond donors (Lipinski definition) is 3. The number of amides is 2. The van der Waals surface area contributed by atoms with Crippen LogP contribution in [0.5, 0.6) is 0 Å². The van der Waals surface area contributed by atoms with Gasteiger partial charge in [-0.05, 0) is 35.4 Å². The zero-order valence-corrected chi connectivity index (χ0v) is 20.6. The van der Waals surface area contributed by atoms with E-state index >= 15 is 0 Å². The van der Waals surface area contributed by atoms with E-state index in [1.807, 2.05) is 6.07 Å². The minimum atomic E-state index is -4.50. The molecule has 11 heteroatoms. The monoisotopic (exact) mass is 542 g/mol. The Balaban J connectivity index is 1.45. The summed E-state index contributed by atoms with van der Waals surface area (Å²) in [6, 6.07) is 18.6. The molecule has 2 amide bonds. The molecule has 0 aliphatic rings. The van der Waals surface area contributed by atoms with Crippen LogP contribution in [0.2, 0.25) is 0 Å². The molecule has 6 nitrogen and oxygen atoms in total. The van der Waals surface area contributed by atoms with Crippen molar-refractivity contribution in [1.82, 2.24) is 15.6 Å². The van der Waals surface area contributed by atoms with Crippen LogP contribution < -0.4 is 16.0 Å². The number of hydrogen-bond acceptors (Lipinski definition) is 5. The van der Waals surface area contributed by atoms with Crippen LogP contribution in [0.3, 0.4) is 0 Å². The first kappa shape index (κ1) is 26.8. The highest BCUT2D eigenvalue weighted by Gasteiger charge is 2.30. The summed E-state index contributed by atoms with van der Waals surface area (Å²) in [7, 11) is 0. The van der Waals surface area contributed by atoms with E-state index in [1.54, 1.807) is 36.4 Å². The van der Waals surface area contributed by atoms with Crippen LogP contribution in [0.1, 0.15) is 27.2 Å². The zero-order valence-electron chi connectivity index (χ0n) is 19.8. The quantitative estimate of drug-likeness (QED) is 0.237. The minimum absolute atomic E-state index is 0.0255. The van der Waals surface area contributed by atoms with E-state index in [1.165, 1.54) is 29.6 Å². The SMILES string of the molecule is O=C(NC(Cc1ccccc1)C(=O)NCc1cccc(C(F)(F)F)c1)c1csc(Nc2ccccc2F)n1. The molecule has 0 bridgehead atoms. The van der Waals surface area contributed by atoms with E-state index in [4.69, 9.17) is 0 Å². The summed E-state index contributed by atoms with van der Waals surface area (Å²) in [5, 5.41) is 9.83. The van der Waals surface area contributed by atoms with Crippen LogP contribution in [0, 0.1) is 5.82 Å². The van der Waals surface area contributed by atoms with E-state index in [0.29, 0.717) is 0 Å². The fourth-order valence-corrected chi connectivity index (χ4v) is 4.28. The fourth-order valence-electron chi connectivity index (χ4n) is 3.57. The average Bonchev–Trinajstić information content (AvgIpc) is 3.37. The summed E-state index contributed by atoms with van der Waals surface area (Å²) in [4.78, 5) is 30.2. The molecule has 1 aromatic heterocycles. The van der Waals surface area contributed by atoms with E-state index in [0.717, 1.165) is 29.0 Å². The largest absolute Gasteiger partial charge is 0.416 e. The van der Waals surface area contributed by atoms with Crippen molar-refractivity contribution in [1.29, 1.82) is 0 Å². The van der Waals surface area contributed by atoms with Crippen molar-refractivity contribution in [2.24, 2.45) is 0 Å². The maximum Gasteiger partial charge on any atom is 0.416 e. The summed E-state index contributed by atoms with van der Waals surface area (Å²) in [5.74, 6) is -1.67. The highest BCUT2D eigenvalue weighted by Crippen LogP contribution is 2.29. The van der Waals surface area contributed by atoms with Gasteiger partial charge in [0.1, 0.15) is 17.6 Å². The first-order chi connectivity index (χ1) is 18.2. The Kier molecular flexibility index (Phi) is 8.37. The van der Waals surface area contributed by atoms with E-state index in [-0.39, 0.29) is 35.0 Å². The van der Waals surface area contributed by atoms with E-state index < -0.39 is 35.4 Å². The van der Waals surface area contributed by atoms with Crippen LogP contribution in [0.15, 0.2) is 84.2 Å². The van der Waals surface area contributed by atoms with Crippen molar-refractivity contribution in [2.45, 2.75) is 25.2 Å². The molecule has 0 radical (unpaired) electrons. The second-order valence-electron chi connectivity index (χ2n) is 8.27. The lowest BCUT2D eigenvalue weighted by molar-refractivity contribution is -0.137. The molecular formula is C27H22F4N4O2S. The molecule has 3 N–H and O–H groups in total. The lowest BCUT2D eigenvalue weighted by atomic mass is 10.0. The molecule has 0 saturated carbocycles. The van der Waals surface area contributed by atoms with Gasteiger partial charge in [-0.2, -0.15) is 13.2 Å². The van der Waals surface area contributed by atoms with Crippen molar-refractivity contribution in [3.8, 4) is 0 Å². The number of carbonyl (C=O) groups excluding carboxylic acids is 2. The summed E-state index contributed by atoms with van der Waals surface area (Å²) >= 11 is 1.09. The molecule has 38 heavy (non-hydrogen) atoms. The molecule has 3 aromatic carbocycles. The first-order valence-corrected chi connectivity index (χ1v) is 12.3. The second kappa shape index (κ2) is 11.9.